The largest absolute Gasteiger partial charge is 0.437 e. The molecule has 2 aromatic rings. The van der Waals surface area contributed by atoms with Crippen LogP contribution in [-0.2, 0) is 0 Å². The number of ether oxygens (including phenoxy) is 1. The van der Waals surface area contributed by atoms with Crippen molar-refractivity contribution in [1.29, 1.82) is 0 Å². The van der Waals surface area contributed by atoms with Gasteiger partial charge in [0.25, 0.3) is 0 Å². The summed E-state index contributed by atoms with van der Waals surface area (Å²) in [6.45, 7) is 1.97. The van der Waals surface area contributed by atoms with Crippen LogP contribution in [0.1, 0.15) is 5.56 Å². The van der Waals surface area contributed by atoms with Gasteiger partial charge in [-0.15, -0.1) is 0 Å². The molecule has 0 bridgehead atoms. The average molecular weight is 235 g/mol. The number of rotatable bonds is 2. The highest BCUT2D eigenvalue weighted by atomic mass is 35.5. The van der Waals surface area contributed by atoms with Gasteiger partial charge in [-0.05, 0) is 36.8 Å². The lowest BCUT2D eigenvalue weighted by molar-refractivity contribution is 0.463. The van der Waals surface area contributed by atoms with Gasteiger partial charge >= 0.3 is 0 Å². The molecule has 0 unspecified atom stereocenters. The van der Waals surface area contributed by atoms with Gasteiger partial charge in [-0.1, -0.05) is 11.6 Å². The van der Waals surface area contributed by atoms with Gasteiger partial charge in [-0.3, -0.25) is 0 Å². The predicted molar refractivity (Wildman–Crippen MR) is 64.9 cm³/mol. The third-order valence-electron chi connectivity index (χ3n) is 2.06. The number of pyridine rings is 1. The Morgan fingerprint density at radius 2 is 2.06 bits per heavy atom. The Balaban J connectivity index is 2.27. The van der Waals surface area contributed by atoms with E-state index in [0.717, 1.165) is 5.56 Å². The van der Waals surface area contributed by atoms with Gasteiger partial charge in [-0.2, -0.15) is 0 Å². The Bertz CT molecular complexity index is 514. The van der Waals surface area contributed by atoms with Crippen LogP contribution in [0.15, 0.2) is 36.5 Å². The molecular weight excluding hydrogens is 224 g/mol. The third-order valence-corrected chi connectivity index (χ3v) is 2.36. The van der Waals surface area contributed by atoms with Crippen molar-refractivity contribution >= 4 is 17.3 Å². The van der Waals surface area contributed by atoms with Crippen molar-refractivity contribution in [3.05, 3.63) is 47.1 Å². The average Bonchev–Trinajstić information content (AvgIpc) is 2.22. The predicted octanol–water partition coefficient (Wildman–Crippen LogP) is 3.42. The zero-order valence-electron chi connectivity index (χ0n) is 8.77. The Hall–Kier alpha value is -1.74. The first kappa shape index (κ1) is 10.8. The highest BCUT2D eigenvalue weighted by Gasteiger charge is 2.04. The van der Waals surface area contributed by atoms with E-state index in [2.05, 4.69) is 4.98 Å². The van der Waals surface area contributed by atoms with Gasteiger partial charge < -0.3 is 10.5 Å². The second kappa shape index (κ2) is 4.41. The lowest BCUT2D eigenvalue weighted by atomic mass is 10.3. The number of benzene rings is 1. The number of nitrogens with zero attached hydrogens (tertiary/aromatic N) is 1. The first-order valence-electron chi connectivity index (χ1n) is 4.81. The smallest absolute Gasteiger partial charge is 0.219 e. The summed E-state index contributed by atoms with van der Waals surface area (Å²) in [5.74, 6) is 1.07. The van der Waals surface area contributed by atoms with Gasteiger partial charge in [-0.25, -0.2) is 4.98 Å². The molecule has 2 rings (SSSR count). The first-order chi connectivity index (χ1) is 7.65. The normalized spacial score (nSPS) is 10.1. The molecule has 0 aliphatic heterocycles. The van der Waals surface area contributed by atoms with Crippen LogP contribution in [-0.4, -0.2) is 4.98 Å². The standard InChI is InChI=1S/C12H11ClN2O/c1-8-4-5-15-12(6-8)16-11-3-2-9(14)7-10(11)13/h2-7H,14H2,1H3. The maximum Gasteiger partial charge on any atom is 0.219 e. The summed E-state index contributed by atoms with van der Waals surface area (Å²) in [5, 5.41) is 0.475. The Kier molecular flexibility index (Phi) is 2.97. The fourth-order valence-corrected chi connectivity index (χ4v) is 1.50. The van der Waals surface area contributed by atoms with Gasteiger partial charge in [0.05, 0.1) is 5.02 Å². The topological polar surface area (TPSA) is 48.1 Å². The van der Waals surface area contributed by atoms with Crippen molar-refractivity contribution in [3.8, 4) is 11.6 Å². The lowest BCUT2D eigenvalue weighted by Crippen LogP contribution is -1.90. The number of aromatic nitrogens is 1. The SMILES string of the molecule is Cc1ccnc(Oc2ccc(N)cc2Cl)c1. The molecule has 4 heteroatoms. The van der Waals surface area contributed by atoms with Crippen LogP contribution < -0.4 is 10.5 Å². The van der Waals surface area contributed by atoms with E-state index in [4.69, 9.17) is 22.1 Å². The summed E-state index contributed by atoms with van der Waals surface area (Å²) in [5.41, 5.74) is 7.28. The fourth-order valence-electron chi connectivity index (χ4n) is 1.28. The summed E-state index contributed by atoms with van der Waals surface area (Å²) in [7, 11) is 0. The molecule has 0 atom stereocenters. The van der Waals surface area contributed by atoms with E-state index in [-0.39, 0.29) is 0 Å². The second-order valence-corrected chi connectivity index (χ2v) is 3.87. The number of aryl methyl sites for hydroxylation is 1. The van der Waals surface area contributed by atoms with Crippen LogP contribution in [0.3, 0.4) is 0 Å². The minimum atomic E-state index is 0.475. The first-order valence-corrected chi connectivity index (χ1v) is 5.18. The maximum atomic E-state index is 5.99. The summed E-state index contributed by atoms with van der Waals surface area (Å²) >= 11 is 5.99. The van der Waals surface area contributed by atoms with Crippen LogP contribution in [0, 0.1) is 6.92 Å². The van der Waals surface area contributed by atoms with Crippen molar-refractivity contribution in [2.45, 2.75) is 6.92 Å². The summed E-state index contributed by atoms with van der Waals surface area (Å²) in [6.07, 6.45) is 1.69. The van der Waals surface area contributed by atoms with Crippen LogP contribution in [0.5, 0.6) is 11.6 Å². The molecule has 2 N–H and O–H groups in total. The molecule has 0 aliphatic rings. The molecule has 1 heterocycles. The number of halogens is 1. The molecule has 0 amide bonds. The lowest BCUT2D eigenvalue weighted by Gasteiger charge is -2.07. The molecule has 0 aliphatic carbocycles. The minimum Gasteiger partial charge on any atom is -0.437 e. The zero-order chi connectivity index (χ0) is 11.5. The van der Waals surface area contributed by atoms with E-state index in [1.54, 1.807) is 24.4 Å². The van der Waals surface area contributed by atoms with E-state index in [1.165, 1.54) is 0 Å². The van der Waals surface area contributed by atoms with E-state index in [0.29, 0.717) is 22.3 Å². The summed E-state index contributed by atoms with van der Waals surface area (Å²) in [6, 6.07) is 8.84. The Labute approximate surface area is 98.8 Å². The molecule has 3 nitrogen and oxygen atoms in total. The Morgan fingerprint density at radius 1 is 1.25 bits per heavy atom. The number of anilines is 1. The third kappa shape index (κ3) is 2.44. The summed E-state index contributed by atoms with van der Waals surface area (Å²) < 4.78 is 5.55. The van der Waals surface area contributed by atoms with E-state index in [1.807, 2.05) is 19.1 Å². The van der Waals surface area contributed by atoms with Crippen molar-refractivity contribution in [3.63, 3.8) is 0 Å². The molecule has 1 aromatic heterocycles. The van der Waals surface area contributed by atoms with Gasteiger partial charge in [0.2, 0.25) is 5.88 Å². The number of hydrogen-bond donors (Lipinski definition) is 1. The number of nitrogens with two attached hydrogens (primary N) is 1. The fraction of sp³-hybridized carbons (Fsp3) is 0.0833. The highest BCUT2D eigenvalue weighted by Crippen LogP contribution is 2.29. The van der Waals surface area contributed by atoms with E-state index in [9.17, 15) is 0 Å². The molecule has 82 valence electrons. The molecule has 16 heavy (non-hydrogen) atoms. The van der Waals surface area contributed by atoms with Gasteiger partial charge in [0, 0.05) is 18.0 Å². The minimum absolute atomic E-state index is 0.475. The molecule has 0 saturated heterocycles. The van der Waals surface area contributed by atoms with Crippen molar-refractivity contribution in [2.24, 2.45) is 0 Å². The molecule has 0 radical (unpaired) electrons. The molecule has 0 saturated carbocycles. The number of hydrogen-bond acceptors (Lipinski definition) is 3. The van der Waals surface area contributed by atoms with Crippen LogP contribution in [0.25, 0.3) is 0 Å². The molecule has 0 spiro atoms. The second-order valence-electron chi connectivity index (χ2n) is 3.46. The molecule has 1 aromatic carbocycles. The maximum absolute atomic E-state index is 5.99. The van der Waals surface area contributed by atoms with Crippen LogP contribution in [0.2, 0.25) is 5.02 Å². The van der Waals surface area contributed by atoms with Crippen molar-refractivity contribution < 1.29 is 4.74 Å². The zero-order valence-corrected chi connectivity index (χ0v) is 9.53. The van der Waals surface area contributed by atoms with Gasteiger partial charge in [0.15, 0.2) is 0 Å². The van der Waals surface area contributed by atoms with Crippen molar-refractivity contribution in [2.75, 3.05) is 5.73 Å². The van der Waals surface area contributed by atoms with Crippen molar-refractivity contribution in [1.82, 2.24) is 4.98 Å². The number of nitrogen functional groups attached to an aromatic ring is 1. The molecular formula is C12H11ClN2O. The van der Waals surface area contributed by atoms with Crippen LogP contribution >= 0.6 is 11.6 Å². The quantitative estimate of drug-likeness (QED) is 0.810. The van der Waals surface area contributed by atoms with Gasteiger partial charge in [0.1, 0.15) is 5.75 Å². The van der Waals surface area contributed by atoms with E-state index >= 15 is 0 Å². The Morgan fingerprint density at radius 3 is 2.75 bits per heavy atom. The van der Waals surface area contributed by atoms with E-state index < -0.39 is 0 Å². The molecule has 0 fully saturated rings. The highest BCUT2D eigenvalue weighted by molar-refractivity contribution is 6.32. The summed E-state index contributed by atoms with van der Waals surface area (Å²) in [4.78, 5) is 4.09. The van der Waals surface area contributed by atoms with Crippen LogP contribution in [0.4, 0.5) is 5.69 Å². The monoisotopic (exact) mass is 234 g/mol.